The Morgan fingerprint density at radius 2 is 0.720 bits per heavy atom. The fraction of sp³-hybridized carbons (Fsp3) is 1.00. The standard InChI is InChI=1S/C9H4F15I/c1-2(25)3(10,11)4(12,13)5(14,15)6(16,17)7(18,19)8(20,21)9(22,23)24/h2H,1H3. The second-order valence-electron chi connectivity index (χ2n) is 4.61. The van der Waals surface area contributed by atoms with Gasteiger partial charge in [-0.3, -0.25) is 0 Å². The number of halogens is 16. The van der Waals surface area contributed by atoms with E-state index in [-0.39, 0.29) is 6.92 Å². The van der Waals surface area contributed by atoms with Gasteiger partial charge < -0.3 is 0 Å². The molecular weight excluding hydrogens is 520 g/mol. The molecule has 0 rings (SSSR count). The monoisotopic (exact) mass is 524 g/mol. The third kappa shape index (κ3) is 3.12. The summed E-state index contributed by atoms with van der Waals surface area (Å²) in [4.78, 5) is 0. The second-order valence-corrected chi connectivity index (χ2v) is 6.48. The number of alkyl halides is 16. The molecule has 1 atom stereocenters. The highest BCUT2D eigenvalue weighted by atomic mass is 127. The second kappa shape index (κ2) is 6.10. The summed E-state index contributed by atoms with van der Waals surface area (Å²) in [6.45, 7) is 0.0468. The third-order valence-corrected chi connectivity index (χ3v) is 3.63. The van der Waals surface area contributed by atoms with Crippen LogP contribution in [-0.4, -0.2) is 45.6 Å². The van der Waals surface area contributed by atoms with Crippen LogP contribution in [0, 0.1) is 0 Å². The minimum Gasteiger partial charge on any atom is -0.198 e. The number of hydrogen-bond donors (Lipinski definition) is 0. The molecule has 0 aliphatic rings. The zero-order valence-corrected chi connectivity index (χ0v) is 13.3. The molecule has 0 fully saturated rings. The molecule has 0 saturated heterocycles. The van der Waals surface area contributed by atoms with E-state index in [0.717, 1.165) is 0 Å². The Labute approximate surface area is 141 Å². The highest BCUT2D eigenvalue weighted by Gasteiger charge is 2.93. The lowest BCUT2D eigenvalue weighted by Crippen LogP contribution is -2.73. The predicted molar refractivity (Wildman–Crippen MR) is 59.2 cm³/mol. The number of hydrogen-bond acceptors (Lipinski definition) is 0. The summed E-state index contributed by atoms with van der Waals surface area (Å²) in [6.07, 6.45) is -7.58. The summed E-state index contributed by atoms with van der Waals surface area (Å²) < 4.78 is 187. The normalized spacial score (nSPS) is 17.6. The molecule has 0 heterocycles. The molecule has 0 N–H and O–H groups in total. The van der Waals surface area contributed by atoms with Crippen LogP contribution in [0.4, 0.5) is 65.9 Å². The highest BCUT2D eigenvalue weighted by Crippen LogP contribution is 2.62. The fourth-order valence-corrected chi connectivity index (χ4v) is 1.62. The van der Waals surface area contributed by atoms with Gasteiger partial charge in [-0.1, -0.05) is 22.6 Å². The summed E-state index contributed by atoms with van der Waals surface area (Å²) >= 11 is 0.305. The van der Waals surface area contributed by atoms with Crippen molar-refractivity contribution in [2.24, 2.45) is 0 Å². The average molecular weight is 524 g/mol. The van der Waals surface area contributed by atoms with Gasteiger partial charge in [-0.2, -0.15) is 65.9 Å². The van der Waals surface area contributed by atoms with Crippen molar-refractivity contribution in [3.63, 3.8) is 0 Å². The van der Waals surface area contributed by atoms with Gasteiger partial charge in [0, 0.05) is 0 Å². The summed E-state index contributed by atoms with van der Waals surface area (Å²) in [6, 6.07) is 0. The van der Waals surface area contributed by atoms with E-state index in [4.69, 9.17) is 0 Å². The molecule has 0 aromatic rings. The zero-order chi connectivity index (χ0) is 21.1. The molecule has 0 radical (unpaired) electrons. The molecule has 16 heteroatoms. The van der Waals surface area contributed by atoms with E-state index < -0.39 is 45.6 Å². The van der Waals surface area contributed by atoms with Crippen LogP contribution in [0.15, 0.2) is 0 Å². The smallest absolute Gasteiger partial charge is 0.198 e. The van der Waals surface area contributed by atoms with Crippen LogP contribution in [0.1, 0.15) is 6.92 Å². The van der Waals surface area contributed by atoms with Crippen LogP contribution in [0.3, 0.4) is 0 Å². The molecule has 25 heavy (non-hydrogen) atoms. The fourth-order valence-electron chi connectivity index (χ4n) is 1.23. The average Bonchev–Trinajstić information content (AvgIpc) is 2.35. The first-order valence-electron chi connectivity index (χ1n) is 5.42. The van der Waals surface area contributed by atoms with E-state index >= 15 is 0 Å². The molecule has 1 unspecified atom stereocenters. The van der Waals surface area contributed by atoms with Crippen LogP contribution < -0.4 is 0 Å². The Kier molecular flexibility index (Phi) is 6.02. The zero-order valence-electron chi connectivity index (χ0n) is 11.1. The van der Waals surface area contributed by atoms with Gasteiger partial charge in [-0.15, -0.1) is 0 Å². The van der Waals surface area contributed by atoms with E-state index in [1.165, 1.54) is 0 Å². The predicted octanol–water partition coefficient (Wildman–Crippen LogP) is 6.18. The van der Waals surface area contributed by atoms with Gasteiger partial charge in [0.15, 0.2) is 0 Å². The van der Waals surface area contributed by atoms with E-state index in [9.17, 15) is 65.9 Å². The van der Waals surface area contributed by atoms with E-state index in [0.29, 0.717) is 22.6 Å². The first-order valence-corrected chi connectivity index (χ1v) is 6.66. The molecule has 0 aliphatic heterocycles. The molecule has 0 spiro atoms. The van der Waals surface area contributed by atoms with E-state index in [1.54, 1.807) is 0 Å². The van der Waals surface area contributed by atoms with Crippen LogP contribution >= 0.6 is 22.6 Å². The molecule has 0 aliphatic carbocycles. The first kappa shape index (κ1) is 24.7. The van der Waals surface area contributed by atoms with Crippen molar-refractivity contribution in [1.82, 2.24) is 0 Å². The van der Waals surface area contributed by atoms with Gasteiger partial charge in [0.2, 0.25) is 0 Å². The van der Waals surface area contributed by atoms with Gasteiger partial charge in [0.25, 0.3) is 0 Å². The van der Waals surface area contributed by atoms with Crippen molar-refractivity contribution in [3.8, 4) is 0 Å². The molecule has 0 saturated carbocycles. The van der Waals surface area contributed by atoms with Gasteiger partial charge in [0.05, 0.1) is 3.92 Å². The minimum atomic E-state index is -8.21. The SMILES string of the molecule is CC(I)C(F)(F)C(F)(F)C(F)(F)C(F)(F)C(F)(F)C(F)(F)C(F)(F)F. The maximum atomic E-state index is 13.1. The van der Waals surface area contributed by atoms with Crippen molar-refractivity contribution in [2.45, 2.75) is 52.6 Å². The van der Waals surface area contributed by atoms with Gasteiger partial charge >= 0.3 is 41.7 Å². The Bertz CT molecular complexity index is 488. The third-order valence-electron chi connectivity index (χ3n) is 2.85. The molecule has 0 nitrogen and oxygen atoms in total. The van der Waals surface area contributed by atoms with E-state index in [1.807, 2.05) is 0 Å². The Hall–Kier alpha value is -0.320. The minimum absolute atomic E-state index is 0.0468. The van der Waals surface area contributed by atoms with Crippen molar-refractivity contribution in [2.75, 3.05) is 0 Å². The highest BCUT2D eigenvalue weighted by molar-refractivity contribution is 14.1. The molecule has 152 valence electrons. The van der Waals surface area contributed by atoms with Crippen molar-refractivity contribution >= 4 is 22.6 Å². The lowest BCUT2D eigenvalue weighted by molar-refractivity contribution is -0.451. The largest absolute Gasteiger partial charge is 0.460 e. The summed E-state index contributed by atoms with van der Waals surface area (Å²) in [7, 11) is 0. The van der Waals surface area contributed by atoms with Crippen molar-refractivity contribution in [1.29, 1.82) is 0 Å². The lowest BCUT2D eigenvalue weighted by Gasteiger charge is -2.42. The Balaban J connectivity index is 6.50. The Morgan fingerprint density at radius 3 is 0.960 bits per heavy atom. The lowest BCUT2D eigenvalue weighted by atomic mass is 9.90. The Morgan fingerprint density at radius 1 is 0.480 bits per heavy atom. The van der Waals surface area contributed by atoms with Crippen LogP contribution in [0.2, 0.25) is 0 Å². The summed E-state index contributed by atoms with van der Waals surface area (Å²) in [5, 5.41) is 0. The molecule has 0 aromatic carbocycles. The van der Waals surface area contributed by atoms with Gasteiger partial charge in [0.1, 0.15) is 0 Å². The molecule has 0 amide bonds. The maximum absolute atomic E-state index is 13.1. The molecule has 0 aromatic heterocycles. The quantitative estimate of drug-likeness (QED) is 0.221. The molecule has 0 bridgehead atoms. The van der Waals surface area contributed by atoms with Gasteiger partial charge in [-0.25, -0.2) is 0 Å². The van der Waals surface area contributed by atoms with Crippen LogP contribution in [-0.2, 0) is 0 Å². The van der Waals surface area contributed by atoms with Crippen LogP contribution in [0.25, 0.3) is 0 Å². The summed E-state index contributed by atoms with van der Waals surface area (Å²) in [5.74, 6) is -45.9. The van der Waals surface area contributed by atoms with E-state index in [2.05, 4.69) is 0 Å². The van der Waals surface area contributed by atoms with Crippen LogP contribution in [0.5, 0.6) is 0 Å². The maximum Gasteiger partial charge on any atom is 0.460 e. The topological polar surface area (TPSA) is 0 Å². The van der Waals surface area contributed by atoms with Crippen molar-refractivity contribution in [3.05, 3.63) is 0 Å². The van der Waals surface area contributed by atoms with Gasteiger partial charge in [-0.05, 0) is 6.92 Å². The summed E-state index contributed by atoms with van der Waals surface area (Å²) in [5.41, 5.74) is 0. The molecular formula is C9H4F15I. The van der Waals surface area contributed by atoms with Crippen molar-refractivity contribution < 1.29 is 65.9 Å². The number of rotatable bonds is 6. The first-order chi connectivity index (χ1) is 10.4.